The molecule has 8 heteroatoms. The monoisotopic (exact) mass is 305 g/mol. The highest BCUT2D eigenvalue weighted by Crippen LogP contribution is 2.22. The van der Waals surface area contributed by atoms with E-state index in [4.69, 9.17) is 4.74 Å². The van der Waals surface area contributed by atoms with Crippen LogP contribution in [0.5, 0.6) is 0 Å². The fourth-order valence-corrected chi connectivity index (χ4v) is 1.68. The third-order valence-electron chi connectivity index (χ3n) is 2.58. The zero-order valence-electron chi connectivity index (χ0n) is 12.5. The summed E-state index contributed by atoms with van der Waals surface area (Å²) >= 11 is 0. The van der Waals surface area contributed by atoms with Crippen LogP contribution in [0.15, 0.2) is 29.3 Å². The van der Waals surface area contributed by atoms with Crippen LogP contribution in [0.3, 0.4) is 0 Å². The second-order valence-electron chi connectivity index (χ2n) is 4.58. The molecule has 0 saturated heterocycles. The highest BCUT2D eigenvalue weighted by molar-refractivity contribution is 5.92. The van der Waals surface area contributed by atoms with E-state index in [0.717, 1.165) is 0 Å². The Balaban J connectivity index is 2.52. The molecule has 2 rings (SSSR count). The Morgan fingerprint density at radius 3 is 2.91 bits per heavy atom. The molecule has 0 aliphatic carbocycles. The summed E-state index contributed by atoms with van der Waals surface area (Å²) in [5, 5.41) is 7.68. The number of nitrogens with zero attached hydrogens (tertiary/aromatic N) is 5. The van der Waals surface area contributed by atoms with Crippen molar-refractivity contribution in [2.45, 2.75) is 6.92 Å². The zero-order valence-corrected chi connectivity index (χ0v) is 12.5. The number of aromatic nitrogens is 3. The van der Waals surface area contributed by atoms with Crippen LogP contribution in [0.2, 0.25) is 0 Å². The standard InChI is InChI=1S/C14H16FN5O2/c1-4-22-14(21)12-13(16-9-19(2)3)20(18-17-12)11-7-5-6-10(15)8-11/h5-9H,4H2,1-3H3/b16-9+. The van der Waals surface area contributed by atoms with Crippen LogP contribution in [0, 0.1) is 5.82 Å². The Labute approximate surface area is 127 Å². The molecule has 0 unspecified atom stereocenters. The van der Waals surface area contributed by atoms with Crippen LogP contribution < -0.4 is 0 Å². The van der Waals surface area contributed by atoms with Crippen LogP contribution in [0.25, 0.3) is 5.69 Å². The molecule has 0 N–H and O–H groups in total. The van der Waals surface area contributed by atoms with Gasteiger partial charge in [-0.25, -0.2) is 14.2 Å². The summed E-state index contributed by atoms with van der Waals surface area (Å²) in [5.41, 5.74) is 0.387. The number of hydrogen-bond acceptors (Lipinski definition) is 5. The minimum absolute atomic E-state index is 0.0239. The van der Waals surface area contributed by atoms with Gasteiger partial charge >= 0.3 is 5.97 Å². The molecular formula is C14H16FN5O2. The number of ether oxygens (including phenoxy) is 1. The lowest BCUT2D eigenvalue weighted by Gasteiger charge is -2.06. The molecule has 0 aliphatic rings. The van der Waals surface area contributed by atoms with Crippen molar-refractivity contribution >= 4 is 18.1 Å². The van der Waals surface area contributed by atoms with E-state index in [2.05, 4.69) is 15.3 Å². The van der Waals surface area contributed by atoms with Gasteiger partial charge < -0.3 is 9.64 Å². The second kappa shape index (κ2) is 6.79. The van der Waals surface area contributed by atoms with Gasteiger partial charge in [-0.2, -0.15) is 4.68 Å². The van der Waals surface area contributed by atoms with Crippen LogP contribution in [0.1, 0.15) is 17.4 Å². The third kappa shape index (κ3) is 3.46. The molecule has 116 valence electrons. The first-order valence-corrected chi connectivity index (χ1v) is 6.62. The number of carbonyl (C=O) groups is 1. The van der Waals surface area contributed by atoms with E-state index >= 15 is 0 Å². The molecule has 1 heterocycles. The maximum atomic E-state index is 13.4. The smallest absolute Gasteiger partial charge is 0.362 e. The lowest BCUT2D eigenvalue weighted by molar-refractivity contribution is 0.0520. The van der Waals surface area contributed by atoms with Gasteiger partial charge in [-0.3, -0.25) is 0 Å². The number of esters is 1. The fourth-order valence-electron chi connectivity index (χ4n) is 1.68. The number of benzene rings is 1. The SMILES string of the molecule is CCOC(=O)c1nnn(-c2cccc(F)c2)c1/N=C/N(C)C. The van der Waals surface area contributed by atoms with E-state index in [-0.39, 0.29) is 18.1 Å². The molecule has 7 nitrogen and oxygen atoms in total. The first-order chi connectivity index (χ1) is 10.5. The van der Waals surface area contributed by atoms with E-state index in [1.54, 1.807) is 32.0 Å². The van der Waals surface area contributed by atoms with E-state index in [1.165, 1.54) is 29.2 Å². The van der Waals surface area contributed by atoms with Crippen molar-refractivity contribution in [2.24, 2.45) is 4.99 Å². The molecule has 2 aromatic rings. The maximum Gasteiger partial charge on any atom is 0.362 e. The predicted molar refractivity (Wildman–Crippen MR) is 79.1 cm³/mol. The summed E-state index contributed by atoms with van der Waals surface area (Å²) in [7, 11) is 3.56. The van der Waals surface area contributed by atoms with Crippen molar-refractivity contribution in [1.82, 2.24) is 19.9 Å². The van der Waals surface area contributed by atoms with E-state index in [1.807, 2.05) is 0 Å². The summed E-state index contributed by atoms with van der Waals surface area (Å²) in [6, 6.07) is 5.77. The lowest BCUT2D eigenvalue weighted by Crippen LogP contribution is -2.09. The van der Waals surface area contributed by atoms with Crippen molar-refractivity contribution in [3.8, 4) is 5.69 Å². The Kier molecular flexibility index (Phi) is 4.82. The Morgan fingerprint density at radius 2 is 2.27 bits per heavy atom. The fraction of sp³-hybridized carbons (Fsp3) is 0.286. The van der Waals surface area contributed by atoms with Gasteiger partial charge in [-0.1, -0.05) is 11.3 Å². The molecule has 0 amide bonds. The Bertz CT molecular complexity index is 696. The normalized spacial score (nSPS) is 10.9. The average molecular weight is 305 g/mol. The van der Waals surface area contributed by atoms with Gasteiger partial charge in [0.25, 0.3) is 0 Å². The van der Waals surface area contributed by atoms with E-state index in [9.17, 15) is 9.18 Å². The molecule has 0 aliphatic heterocycles. The number of aliphatic imine (C=N–C) groups is 1. The van der Waals surface area contributed by atoms with Crippen LogP contribution in [0.4, 0.5) is 10.2 Å². The first kappa shape index (κ1) is 15.6. The summed E-state index contributed by atoms with van der Waals surface area (Å²) in [6.07, 6.45) is 1.50. The first-order valence-electron chi connectivity index (χ1n) is 6.62. The van der Waals surface area contributed by atoms with Gasteiger partial charge in [0.1, 0.15) is 5.82 Å². The molecule has 22 heavy (non-hydrogen) atoms. The van der Waals surface area contributed by atoms with E-state index in [0.29, 0.717) is 5.69 Å². The summed E-state index contributed by atoms with van der Waals surface area (Å²) in [4.78, 5) is 17.8. The number of hydrogen-bond donors (Lipinski definition) is 0. The third-order valence-corrected chi connectivity index (χ3v) is 2.58. The number of rotatable bonds is 5. The van der Waals surface area contributed by atoms with Crippen molar-refractivity contribution in [2.75, 3.05) is 20.7 Å². The molecule has 1 aromatic heterocycles. The lowest BCUT2D eigenvalue weighted by atomic mass is 10.3. The Morgan fingerprint density at radius 1 is 1.50 bits per heavy atom. The minimum atomic E-state index is -0.629. The Hall–Kier alpha value is -2.77. The van der Waals surface area contributed by atoms with Gasteiger partial charge in [0, 0.05) is 14.1 Å². The molecule has 1 aromatic carbocycles. The molecule has 0 atom stereocenters. The largest absolute Gasteiger partial charge is 0.461 e. The highest BCUT2D eigenvalue weighted by atomic mass is 19.1. The predicted octanol–water partition coefficient (Wildman–Crippen LogP) is 1.80. The minimum Gasteiger partial charge on any atom is -0.461 e. The number of halogens is 1. The molecule has 0 bridgehead atoms. The average Bonchev–Trinajstić information content (AvgIpc) is 2.89. The van der Waals surface area contributed by atoms with Crippen molar-refractivity contribution in [1.29, 1.82) is 0 Å². The topological polar surface area (TPSA) is 72.6 Å². The molecule has 0 fully saturated rings. The summed E-state index contributed by atoms with van der Waals surface area (Å²) in [5.74, 6) is -0.873. The van der Waals surface area contributed by atoms with Crippen molar-refractivity contribution < 1.29 is 13.9 Å². The van der Waals surface area contributed by atoms with Gasteiger partial charge in [-0.05, 0) is 25.1 Å². The summed E-state index contributed by atoms with van der Waals surface area (Å²) < 4.78 is 19.6. The van der Waals surface area contributed by atoms with Gasteiger partial charge in [-0.15, -0.1) is 5.10 Å². The molecule has 0 radical (unpaired) electrons. The van der Waals surface area contributed by atoms with E-state index < -0.39 is 11.8 Å². The van der Waals surface area contributed by atoms with Gasteiger partial charge in [0.15, 0.2) is 5.82 Å². The maximum absolute atomic E-state index is 13.4. The summed E-state index contributed by atoms with van der Waals surface area (Å²) in [6.45, 7) is 1.90. The quantitative estimate of drug-likeness (QED) is 0.478. The molecular weight excluding hydrogens is 289 g/mol. The zero-order chi connectivity index (χ0) is 16.1. The van der Waals surface area contributed by atoms with Crippen LogP contribution >= 0.6 is 0 Å². The van der Waals surface area contributed by atoms with Crippen LogP contribution in [-0.4, -0.2) is 52.9 Å². The molecule has 0 saturated carbocycles. The number of carbonyl (C=O) groups excluding carboxylic acids is 1. The van der Waals surface area contributed by atoms with Crippen molar-refractivity contribution in [3.63, 3.8) is 0 Å². The van der Waals surface area contributed by atoms with Gasteiger partial charge in [0.2, 0.25) is 5.69 Å². The van der Waals surface area contributed by atoms with Crippen LogP contribution in [-0.2, 0) is 4.74 Å². The molecule has 0 spiro atoms. The van der Waals surface area contributed by atoms with Gasteiger partial charge in [0.05, 0.1) is 18.6 Å². The second-order valence-corrected chi connectivity index (χ2v) is 4.58. The highest BCUT2D eigenvalue weighted by Gasteiger charge is 2.21. The van der Waals surface area contributed by atoms with Crippen molar-refractivity contribution in [3.05, 3.63) is 35.8 Å².